The lowest BCUT2D eigenvalue weighted by molar-refractivity contribution is -0.124. The summed E-state index contributed by atoms with van der Waals surface area (Å²) in [6.07, 6.45) is 0.879. The van der Waals surface area contributed by atoms with Crippen LogP contribution in [0.2, 0.25) is 0 Å². The molecule has 0 aromatic heterocycles. The van der Waals surface area contributed by atoms with Crippen molar-refractivity contribution in [1.29, 1.82) is 0 Å². The van der Waals surface area contributed by atoms with Gasteiger partial charge in [-0.25, -0.2) is 0 Å². The molecule has 0 aliphatic carbocycles. The van der Waals surface area contributed by atoms with Crippen LogP contribution in [0.1, 0.15) is 35.2 Å². The fourth-order valence-electron chi connectivity index (χ4n) is 3.67. The first-order valence-corrected chi connectivity index (χ1v) is 9.40. The van der Waals surface area contributed by atoms with E-state index in [1.54, 1.807) is 12.0 Å². The van der Waals surface area contributed by atoms with Crippen molar-refractivity contribution in [1.82, 2.24) is 10.2 Å². The number of likely N-dealkylation sites (tertiary alicyclic amines) is 1. The Morgan fingerprint density at radius 1 is 1.07 bits per heavy atom. The summed E-state index contributed by atoms with van der Waals surface area (Å²) < 4.78 is 5.51. The number of rotatable bonds is 6. The molecule has 2 amide bonds. The predicted molar refractivity (Wildman–Crippen MR) is 105 cm³/mol. The molecular weight excluding hydrogens is 340 g/mol. The van der Waals surface area contributed by atoms with Crippen LogP contribution in [0.15, 0.2) is 54.6 Å². The Kier molecular flexibility index (Phi) is 6.12. The first-order chi connectivity index (χ1) is 13.2. The summed E-state index contributed by atoms with van der Waals surface area (Å²) in [6.45, 7) is 3.57. The van der Waals surface area contributed by atoms with Gasteiger partial charge in [0.2, 0.25) is 5.91 Å². The number of carbonyl (C=O) groups is 2. The van der Waals surface area contributed by atoms with Crippen molar-refractivity contribution in [2.75, 3.05) is 26.7 Å². The third-order valence-electron chi connectivity index (χ3n) is 5.05. The van der Waals surface area contributed by atoms with E-state index in [0.717, 1.165) is 17.7 Å². The second kappa shape index (κ2) is 8.71. The molecule has 1 heterocycles. The van der Waals surface area contributed by atoms with Gasteiger partial charge in [0.25, 0.3) is 5.91 Å². The smallest absolute Gasteiger partial charge is 0.253 e. The normalized spacial score (nSPS) is 19.0. The average molecular weight is 366 g/mol. The first-order valence-electron chi connectivity index (χ1n) is 9.40. The minimum absolute atomic E-state index is 0.00359. The maximum Gasteiger partial charge on any atom is 0.253 e. The number of carbonyl (C=O) groups excluding carboxylic acids is 2. The van der Waals surface area contributed by atoms with E-state index in [1.807, 2.05) is 61.5 Å². The lowest BCUT2D eigenvalue weighted by atomic mass is 9.87. The number of benzene rings is 2. The highest BCUT2D eigenvalue weighted by molar-refractivity contribution is 5.95. The van der Waals surface area contributed by atoms with Crippen molar-refractivity contribution in [3.05, 3.63) is 65.7 Å². The molecule has 3 rings (SSSR count). The fraction of sp³-hybridized carbons (Fsp3) is 0.364. The van der Waals surface area contributed by atoms with Gasteiger partial charge in [0.05, 0.1) is 13.0 Å². The molecule has 5 heteroatoms. The van der Waals surface area contributed by atoms with Crippen LogP contribution in [0.3, 0.4) is 0 Å². The summed E-state index contributed by atoms with van der Waals surface area (Å²) in [5.74, 6) is 0.327. The highest BCUT2D eigenvalue weighted by Gasteiger charge is 2.41. The SMILES string of the molecule is CCCNC(=O)[C@@H]1CN(C(=O)c2ccccc2)C[C@H]1c1ccccc1OC. The number of ether oxygens (including phenoxy) is 1. The van der Waals surface area contributed by atoms with E-state index >= 15 is 0 Å². The summed E-state index contributed by atoms with van der Waals surface area (Å²) >= 11 is 0. The van der Waals surface area contributed by atoms with Crippen LogP contribution in [0, 0.1) is 5.92 Å². The Hall–Kier alpha value is -2.82. The molecule has 0 radical (unpaired) electrons. The van der Waals surface area contributed by atoms with Gasteiger partial charge in [-0.15, -0.1) is 0 Å². The molecule has 2 aromatic carbocycles. The quantitative estimate of drug-likeness (QED) is 0.855. The van der Waals surface area contributed by atoms with E-state index in [2.05, 4.69) is 5.32 Å². The molecule has 1 saturated heterocycles. The Balaban J connectivity index is 1.89. The topological polar surface area (TPSA) is 58.6 Å². The number of nitrogens with one attached hydrogen (secondary N) is 1. The maximum absolute atomic E-state index is 12.9. The fourth-order valence-corrected chi connectivity index (χ4v) is 3.67. The summed E-state index contributed by atoms with van der Waals surface area (Å²) in [4.78, 5) is 27.5. The lowest BCUT2D eigenvalue weighted by Gasteiger charge is -2.20. The molecule has 1 fully saturated rings. The molecule has 0 unspecified atom stereocenters. The minimum Gasteiger partial charge on any atom is -0.496 e. The third kappa shape index (κ3) is 4.13. The van der Waals surface area contributed by atoms with Gasteiger partial charge in [0, 0.05) is 31.1 Å². The molecule has 27 heavy (non-hydrogen) atoms. The van der Waals surface area contributed by atoms with Crippen molar-refractivity contribution < 1.29 is 14.3 Å². The monoisotopic (exact) mass is 366 g/mol. The summed E-state index contributed by atoms with van der Waals surface area (Å²) in [5.41, 5.74) is 1.62. The Bertz CT molecular complexity index is 791. The zero-order chi connectivity index (χ0) is 19.2. The van der Waals surface area contributed by atoms with Crippen LogP contribution >= 0.6 is 0 Å². The number of amides is 2. The predicted octanol–water partition coefficient (Wildman–Crippen LogP) is 3.08. The lowest BCUT2D eigenvalue weighted by Crippen LogP contribution is -2.36. The minimum atomic E-state index is -0.291. The molecule has 0 bridgehead atoms. The van der Waals surface area contributed by atoms with E-state index in [0.29, 0.717) is 25.2 Å². The molecule has 1 N–H and O–H groups in total. The highest BCUT2D eigenvalue weighted by atomic mass is 16.5. The second-order valence-electron chi connectivity index (χ2n) is 6.82. The molecular formula is C22H26N2O3. The van der Waals surface area contributed by atoms with Crippen molar-refractivity contribution in [3.8, 4) is 5.75 Å². The van der Waals surface area contributed by atoms with Gasteiger partial charge in [-0.3, -0.25) is 9.59 Å². The van der Waals surface area contributed by atoms with Gasteiger partial charge in [0.1, 0.15) is 5.75 Å². The molecule has 1 aliphatic heterocycles. The molecule has 5 nitrogen and oxygen atoms in total. The van der Waals surface area contributed by atoms with Crippen LogP contribution in [-0.2, 0) is 4.79 Å². The van der Waals surface area contributed by atoms with Gasteiger partial charge in [-0.05, 0) is 30.2 Å². The van der Waals surface area contributed by atoms with Gasteiger partial charge in [0.15, 0.2) is 0 Å². The maximum atomic E-state index is 12.9. The standard InChI is InChI=1S/C22H26N2O3/c1-3-13-23-21(25)19-15-24(22(26)16-9-5-4-6-10-16)14-18(19)17-11-7-8-12-20(17)27-2/h4-12,18-19H,3,13-15H2,1-2H3,(H,23,25)/t18-,19+/m0/s1. The van der Waals surface area contributed by atoms with Crippen LogP contribution < -0.4 is 10.1 Å². The zero-order valence-corrected chi connectivity index (χ0v) is 15.9. The average Bonchev–Trinajstić information content (AvgIpc) is 3.17. The third-order valence-corrected chi connectivity index (χ3v) is 5.05. The van der Waals surface area contributed by atoms with Gasteiger partial charge in [-0.1, -0.05) is 43.3 Å². The van der Waals surface area contributed by atoms with Crippen LogP contribution in [0.25, 0.3) is 0 Å². The van der Waals surface area contributed by atoms with Crippen molar-refractivity contribution in [3.63, 3.8) is 0 Å². The van der Waals surface area contributed by atoms with E-state index < -0.39 is 0 Å². The highest BCUT2D eigenvalue weighted by Crippen LogP contribution is 2.38. The van der Waals surface area contributed by atoms with E-state index in [9.17, 15) is 9.59 Å². The number of hydrogen-bond acceptors (Lipinski definition) is 3. The summed E-state index contributed by atoms with van der Waals surface area (Å²) in [7, 11) is 1.63. The summed E-state index contributed by atoms with van der Waals surface area (Å²) in [5, 5.41) is 2.99. The van der Waals surface area contributed by atoms with Crippen molar-refractivity contribution in [2.45, 2.75) is 19.3 Å². The molecule has 142 valence electrons. The van der Waals surface area contributed by atoms with Crippen molar-refractivity contribution >= 4 is 11.8 Å². The Labute approximate surface area is 160 Å². The van der Waals surface area contributed by atoms with Gasteiger partial charge in [-0.2, -0.15) is 0 Å². The Morgan fingerprint density at radius 3 is 2.48 bits per heavy atom. The molecule has 0 saturated carbocycles. The molecule has 2 aromatic rings. The molecule has 2 atom stereocenters. The number of methoxy groups -OCH3 is 1. The molecule has 1 aliphatic rings. The number of para-hydroxylation sites is 1. The second-order valence-corrected chi connectivity index (χ2v) is 6.82. The van der Waals surface area contributed by atoms with Gasteiger partial charge >= 0.3 is 0 Å². The largest absolute Gasteiger partial charge is 0.496 e. The molecule has 0 spiro atoms. The van der Waals surface area contributed by atoms with E-state index in [1.165, 1.54) is 0 Å². The van der Waals surface area contributed by atoms with Crippen LogP contribution in [-0.4, -0.2) is 43.5 Å². The number of hydrogen-bond donors (Lipinski definition) is 1. The Morgan fingerprint density at radius 2 is 1.78 bits per heavy atom. The van der Waals surface area contributed by atoms with E-state index in [-0.39, 0.29) is 23.7 Å². The van der Waals surface area contributed by atoms with Crippen LogP contribution in [0.5, 0.6) is 5.75 Å². The van der Waals surface area contributed by atoms with Gasteiger partial charge < -0.3 is 15.0 Å². The summed E-state index contributed by atoms with van der Waals surface area (Å²) in [6, 6.07) is 17.0. The first kappa shape index (κ1) is 19.0. The van der Waals surface area contributed by atoms with Crippen molar-refractivity contribution in [2.24, 2.45) is 5.92 Å². The van der Waals surface area contributed by atoms with Crippen LogP contribution in [0.4, 0.5) is 0 Å². The number of nitrogens with zero attached hydrogens (tertiary/aromatic N) is 1. The zero-order valence-electron chi connectivity index (χ0n) is 15.9. The van der Waals surface area contributed by atoms with E-state index in [4.69, 9.17) is 4.74 Å².